The predicted octanol–water partition coefficient (Wildman–Crippen LogP) is 8.45. The minimum atomic E-state index is -4.58. The first-order chi connectivity index (χ1) is 29.5. The molecule has 0 saturated carbocycles. The van der Waals surface area contributed by atoms with E-state index in [4.69, 9.17) is 9.47 Å². The van der Waals surface area contributed by atoms with Gasteiger partial charge in [-0.3, -0.25) is 19.8 Å². The number of aromatic amines is 1. The molecule has 2 aromatic heterocycles. The third kappa shape index (κ3) is 9.79. The van der Waals surface area contributed by atoms with Gasteiger partial charge in [0.2, 0.25) is 0 Å². The number of amides is 1. The first kappa shape index (κ1) is 43.3. The third-order valence-electron chi connectivity index (χ3n) is 12.7. The van der Waals surface area contributed by atoms with Crippen LogP contribution in [0.1, 0.15) is 69.7 Å². The van der Waals surface area contributed by atoms with Crippen LogP contribution in [0.25, 0.3) is 11.0 Å². The molecular weight excluding hydrogens is 821 g/mol. The van der Waals surface area contributed by atoms with Crippen LogP contribution < -0.4 is 19.7 Å². The van der Waals surface area contributed by atoms with Crippen molar-refractivity contribution in [3.63, 3.8) is 0 Å². The molecule has 14 nitrogen and oxygen atoms in total. The number of benzene rings is 2. The molecular formula is C45H53F2N7O7S. The minimum Gasteiger partial charge on any atom is -0.455 e. The van der Waals surface area contributed by atoms with Crippen LogP contribution in [0.5, 0.6) is 11.5 Å². The smallest absolute Gasteiger partial charge is 0.293 e. The Kier molecular flexibility index (Phi) is 12.1. The molecule has 62 heavy (non-hydrogen) atoms. The maximum Gasteiger partial charge on any atom is 0.293 e. The second-order valence-electron chi connectivity index (χ2n) is 17.8. The zero-order valence-corrected chi connectivity index (χ0v) is 36.0. The molecule has 17 heteroatoms. The summed E-state index contributed by atoms with van der Waals surface area (Å²) in [5.74, 6) is -3.01. The lowest BCUT2D eigenvalue weighted by molar-refractivity contribution is -0.384. The number of nitro groups is 1. The van der Waals surface area contributed by atoms with Crippen molar-refractivity contribution in [2.24, 2.45) is 17.3 Å². The number of rotatable bonds is 14. The normalized spacial score (nSPS) is 20.1. The Morgan fingerprint density at radius 2 is 1.85 bits per heavy atom. The number of halogens is 2. The Morgan fingerprint density at radius 3 is 2.58 bits per heavy atom. The van der Waals surface area contributed by atoms with E-state index in [0.29, 0.717) is 50.7 Å². The van der Waals surface area contributed by atoms with Crippen LogP contribution in [0, 0.1) is 27.4 Å². The van der Waals surface area contributed by atoms with Gasteiger partial charge in [-0.2, -0.15) is 0 Å². The molecule has 1 unspecified atom stereocenters. The van der Waals surface area contributed by atoms with Crippen molar-refractivity contribution in [2.75, 3.05) is 62.7 Å². The van der Waals surface area contributed by atoms with Gasteiger partial charge in [0.15, 0.2) is 0 Å². The summed E-state index contributed by atoms with van der Waals surface area (Å²) in [6.45, 7) is 10.8. The van der Waals surface area contributed by atoms with Gasteiger partial charge in [0.05, 0.1) is 21.6 Å². The minimum absolute atomic E-state index is 0.0666. The van der Waals surface area contributed by atoms with E-state index in [0.717, 1.165) is 75.8 Å². The van der Waals surface area contributed by atoms with Crippen LogP contribution in [0.2, 0.25) is 0 Å². The number of anilines is 2. The molecule has 4 heterocycles. The number of aromatic nitrogens is 2. The van der Waals surface area contributed by atoms with E-state index in [1.807, 2.05) is 6.07 Å². The van der Waals surface area contributed by atoms with Crippen molar-refractivity contribution < 1.29 is 36.4 Å². The Hall–Kier alpha value is -5.39. The number of allylic oxidation sites excluding steroid dienone is 3. The Morgan fingerprint density at radius 1 is 1.10 bits per heavy atom. The summed E-state index contributed by atoms with van der Waals surface area (Å²) in [6, 6.07) is 12.1. The van der Waals surface area contributed by atoms with Crippen LogP contribution in [0.3, 0.4) is 0 Å². The summed E-state index contributed by atoms with van der Waals surface area (Å²) >= 11 is 0. The highest BCUT2D eigenvalue weighted by atomic mass is 32.2. The van der Waals surface area contributed by atoms with Crippen molar-refractivity contribution in [1.29, 1.82) is 0 Å². The van der Waals surface area contributed by atoms with Crippen LogP contribution in [-0.4, -0.2) is 92.5 Å². The molecule has 2 aliphatic heterocycles. The summed E-state index contributed by atoms with van der Waals surface area (Å²) in [6.07, 6.45) is 9.96. The number of pyridine rings is 1. The average Bonchev–Trinajstić information content (AvgIpc) is 3.68. The highest BCUT2D eigenvalue weighted by Gasteiger charge is 2.40. The molecule has 330 valence electrons. The molecule has 1 amide bonds. The van der Waals surface area contributed by atoms with Crippen LogP contribution in [0.4, 0.5) is 25.8 Å². The number of nitro benzene ring substituents is 1. The number of hydrogen-bond acceptors (Lipinski definition) is 11. The molecule has 2 aliphatic carbocycles. The number of hydrogen-bond donors (Lipinski definition) is 3. The third-order valence-corrected chi connectivity index (χ3v) is 14.0. The van der Waals surface area contributed by atoms with Crippen LogP contribution in [0.15, 0.2) is 88.6 Å². The van der Waals surface area contributed by atoms with Crippen molar-refractivity contribution in [2.45, 2.75) is 70.1 Å². The van der Waals surface area contributed by atoms with Crippen molar-refractivity contribution in [3.05, 3.63) is 99.4 Å². The largest absolute Gasteiger partial charge is 0.455 e. The number of H-pyrrole nitrogens is 1. The van der Waals surface area contributed by atoms with Crippen LogP contribution >= 0.6 is 0 Å². The standard InChI is InChI=1S/C45H53F2N7O7S/c1-44(2)12-8-31(38(25-44)32-20-33(21-32)45(3,46)47)28-52-14-16-53(17-15-52)34-4-6-37(41(23-34)61-35-22-30-9-13-48-42(30)50-27-35)43(55)51-62(58,59)36-5-7-39(40(24-36)54(56)57)49-26-29-10-18-60-19-11-29/h4-7,9,13,20,22-24,27,29,32,49H,8,10-12,14-19,21,25-26,28H2,1-3H3,(H,48,50)(H,51,55). The lowest BCUT2D eigenvalue weighted by atomic mass is 9.66. The highest BCUT2D eigenvalue weighted by molar-refractivity contribution is 7.90. The van der Waals surface area contributed by atoms with E-state index in [1.54, 1.807) is 30.5 Å². The van der Waals surface area contributed by atoms with Gasteiger partial charge in [0.1, 0.15) is 22.8 Å². The van der Waals surface area contributed by atoms with E-state index in [2.05, 4.69) is 43.7 Å². The van der Waals surface area contributed by atoms with Gasteiger partial charge >= 0.3 is 0 Å². The summed E-state index contributed by atoms with van der Waals surface area (Å²) in [5.41, 5.74) is 4.12. The summed E-state index contributed by atoms with van der Waals surface area (Å²) < 4.78 is 69.1. The molecule has 0 bridgehead atoms. The Bertz CT molecular complexity index is 2520. The topological polar surface area (TPSA) is 172 Å². The van der Waals surface area contributed by atoms with Crippen molar-refractivity contribution >= 4 is 44.0 Å². The second-order valence-corrected chi connectivity index (χ2v) is 19.5. The first-order valence-electron chi connectivity index (χ1n) is 21.2. The Balaban J connectivity index is 0.992. The number of sulfonamides is 1. The fraction of sp³-hybridized carbons (Fsp3) is 0.467. The highest BCUT2D eigenvalue weighted by Crippen LogP contribution is 2.49. The van der Waals surface area contributed by atoms with Gasteiger partial charge in [-0.15, -0.1) is 0 Å². The van der Waals surface area contributed by atoms with E-state index in [-0.39, 0.29) is 39.8 Å². The van der Waals surface area contributed by atoms with E-state index in [1.165, 1.54) is 35.5 Å². The number of nitrogens with one attached hydrogen (secondary N) is 3. The van der Waals surface area contributed by atoms with E-state index >= 15 is 0 Å². The fourth-order valence-electron chi connectivity index (χ4n) is 8.88. The molecule has 0 radical (unpaired) electrons. The molecule has 2 saturated heterocycles. The van der Waals surface area contributed by atoms with Gasteiger partial charge < -0.3 is 24.7 Å². The lowest BCUT2D eigenvalue weighted by Crippen LogP contribution is -2.47. The monoisotopic (exact) mass is 873 g/mol. The summed E-state index contributed by atoms with van der Waals surface area (Å²) in [7, 11) is -4.58. The quantitative estimate of drug-likeness (QED) is 0.0631. The predicted molar refractivity (Wildman–Crippen MR) is 233 cm³/mol. The van der Waals surface area contributed by atoms with E-state index < -0.39 is 37.4 Å². The molecule has 2 fully saturated rings. The number of piperazine rings is 1. The Labute approximate surface area is 359 Å². The van der Waals surface area contributed by atoms with Crippen LogP contribution in [-0.2, 0) is 14.8 Å². The maximum absolute atomic E-state index is 14.0. The number of ether oxygens (including phenoxy) is 2. The number of carbonyl (C=O) groups excluding carboxylic acids is 1. The molecule has 4 aromatic rings. The maximum atomic E-state index is 14.0. The number of carbonyl (C=O) groups is 1. The number of fused-ring (bicyclic) bond motifs is 1. The SMILES string of the molecule is CC1(C)CCC(CN2CCN(c3ccc(C(=O)NS(=O)(=O)c4ccc(NCC5CCOCC5)c([N+](=O)[O-])c4)c(Oc4cnc5[nH]ccc5c4)c3)CC2)=C(C2C=C(C(C)(F)F)C2)C1. The number of nitrogens with zero attached hydrogens (tertiary/aromatic N) is 4. The van der Waals surface area contributed by atoms with Gasteiger partial charge in [0, 0.05) is 94.7 Å². The zero-order chi connectivity index (χ0) is 43.8. The van der Waals surface area contributed by atoms with Gasteiger partial charge in [-0.05, 0) is 91.8 Å². The number of alkyl halides is 2. The lowest BCUT2D eigenvalue weighted by Gasteiger charge is -2.42. The zero-order valence-electron chi connectivity index (χ0n) is 35.2. The van der Waals surface area contributed by atoms with E-state index in [9.17, 15) is 32.1 Å². The molecule has 2 aromatic carbocycles. The summed E-state index contributed by atoms with van der Waals surface area (Å²) in [5, 5.41) is 15.9. The summed E-state index contributed by atoms with van der Waals surface area (Å²) in [4.78, 5) is 36.9. The first-order valence-corrected chi connectivity index (χ1v) is 22.7. The van der Waals surface area contributed by atoms with Crippen molar-refractivity contribution in [3.8, 4) is 11.5 Å². The van der Waals surface area contributed by atoms with Gasteiger partial charge in [-0.25, -0.2) is 26.9 Å². The van der Waals surface area contributed by atoms with Gasteiger partial charge in [0.25, 0.3) is 27.5 Å². The molecule has 4 aliphatic rings. The van der Waals surface area contributed by atoms with Crippen molar-refractivity contribution in [1.82, 2.24) is 19.6 Å². The molecule has 8 rings (SSSR count). The molecule has 0 spiro atoms. The fourth-order valence-corrected chi connectivity index (χ4v) is 9.87. The average molecular weight is 874 g/mol. The molecule has 1 atom stereocenters. The second kappa shape index (κ2) is 17.4. The molecule has 3 N–H and O–H groups in total. The van der Waals surface area contributed by atoms with Gasteiger partial charge in [-0.1, -0.05) is 31.1 Å².